The first kappa shape index (κ1) is 31.0. The van der Waals surface area contributed by atoms with Crippen LogP contribution in [-0.2, 0) is 22.6 Å². The van der Waals surface area contributed by atoms with Crippen LogP contribution in [0.15, 0.2) is 60.8 Å². The minimum absolute atomic E-state index is 0.0742. The number of aliphatic hydroxyl groups excluding tert-OH is 1. The van der Waals surface area contributed by atoms with E-state index in [9.17, 15) is 32.7 Å². The zero-order chi connectivity index (χ0) is 30.4. The van der Waals surface area contributed by atoms with Crippen LogP contribution in [-0.4, -0.2) is 75.7 Å². The average Bonchev–Trinajstić information content (AvgIpc) is 3.32. The molecule has 1 saturated heterocycles. The molecule has 4 rings (SSSR count). The molecule has 5 N–H and O–H groups in total. The molecular formula is C30H36F3N5O4. The highest BCUT2D eigenvalue weighted by Crippen LogP contribution is 2.36. The zero-order valence-electron chi connectivity index (χ0n) is 23.3. The Morgan fingerprint density at radius 3 is 2.43 bits per heavy atom. The molecule has 2 aromatic carbocycles. The molecule has 9 nitrogen and oxygen atoms in total. The number of primary amides is 1. The van der Waals surface area contributed by atoms with Gasteiger partial charge in [0.25, 0.3) is 0 Å². The number of carbonyl (C=O) groups excluding carboxylic acids is 3. The van der Waals surface area contributed by atoms with E-state index in [0.717, 1.165) is 16.7 Å². The smallest absolute Gasteiger partial charge is 0.390 e. The van der Waals surface area contributed by atoms with Gasteiger partial charge < -0.3 is 21.5 Å². The van der Waals surface area contributed by atoms with Gasteiger partial charge in [0.15, 0.2) is 0 Å². The number of benzene rings is 2. The first-order chi connectivity index (χ1) is 19.9. The topological polar surface area (TPSA) is 128 Å². The highest BCUT2D eigenvalue weighted by atomic mass is 19.4. The summed E-state index contributed by atoms with van der Waals surface area (Å²) < 4.78 is 41.1. The number of amides is 4. The maximum atomic E-state index is 13.7. The van der Waals surface area contributed by atoms with Gasteiger partial charge in [0.2, 0.25) is 11.8 Å². The summed E-state index contributed by atoms with van der Waals surface area (Å²) in [6.07, 6.45) is -2.68. The summed E-state index contributed by atoms with van der Waals surface area (Å²) in [6, 6.07) is 11.2. The zero-order valence-corrected chi connectivity index (χ0v) is 23.3. The summed E-state index contributed by atoms with van der Waals surface area (Å²) in [5.41, 5.74) is 7.96. The molecule has 4 amide bonds. The van der Waals surface area contributed by atoms with Crippen LogP contribution in [0, 0.1) is 0 Å². The molecule has 2 aromatic rings. The molecule has 0 radical (unpaired) electrons. The lowest BCUT2D eigenvalue weighted by atomic mass is 9.99. The van der Waals surface area contributed by atoms with Gasteiger partial charge in [-0.15, -0.1) is 0 Å². The number of likely N-dealkylation sites (tertiary alicyclic amines) is 1. The van der Waals surface area contributed by atoms with E-state index in [1.54, 1.807) is 49.5 Å². The van der Waals surface area contributed by atoms with E-state index < -0.39 is 60.7 Å². The number of carbonyl (C=O) groups is 3. The second-order valence-electron chi connectivity index (χ2n) is 10.9. The molecule has 2 aliphatic rings. The molecule has 226 valence electrons. The van der Waals surface area contributed by atoms with Gasteiger partial charge in [-0.1, -0.05) is 54.6 Å². The number of fused-ring (bicyclic) bond motifs is 1. The summed E-state index contributed by atoms with van der Waals surface area (Å²) in [7, 11) is 0. The van der Waals surface area contributed by atoms with Crippen molar-refractivity contribution >= 4 is 23.9 Å². The third-order valence-corrected chi connectivity index (χ3v) is 7.80. The number of nitrogens with zero attached hydrogens (tertiary/aromatic N) is 2. The third-order valence-electron chi connectivity index (χ3n) is 7.80. The largest absolute Gasteiger partial charge is 0.404 e. The van der Waals surface area contributed by atoms with Crippen molar-refractivity contribution in [3.63, 3.8) is 0 Å². The summed E-state index contributed by atoms with van der Waals surface area (Å²) in [6.45, 7) is 1.59. The van der Waals surface area contributed by atoms with Gasteiger partial charge in [-0.2, -0.15) is 13.2 Å². The Labute approximate surface area is 242 Å². The van der Waals surface area contributed by atoms with Crippen LogP contribution in [0.5, 0.6) is 0 Å². The Hall–Kier alpha value is -3.90. The number of hydrogen-bond acceptors (Lipinski definition) is 5. The molecule has 0 spiro atoms. The molecule has 2 aliphatic heterocycles. The minimum Gasteiger partial charge on any atom is -0.390 e. The molecule has 1 fully saturated rings. The van der Waals surface area contributed by atoms with Gasteiger partial charge in [-0.25, -0.2) is 4.79 Å². The van der Waals surface area contributed by atoms with E-state index in [4.69, 9.17) is 5.73 Å². The van der Waals surface area contributed by atoms with E-state index in [-0.39, 0.29) is 25.9 Å². The van der Waals surface area contributed by atoms with Gasteiger partial charge >= 0.3 is 12.2 Å². The molecule has 5 atom stereocenters. The number of halogens is 3. The number of aliphatic hydroxyl groups is 1. The van der Waals surface area contributed by atoms with E-state index in [1.807, 2.05) is 24.3 Å². The van der Waals surface area contributed by atoms with Crippen LogP contribution in [0.4, 0.5) is 18.0 Å². The SMILES string of the molecule is C[C@@H]1CC[C@@H](C(F)(F)F)N1C[C@@H](O)[C@H](Cc1ccccc1)NC(=O)[C@H](CC(N)=O)NC(=O)N1C=Cc2ccccc2C1. The van der Waals surface area contributed by atoms with Crippen LogP contribution in [0.25, 0.3) is 6.08 Å². The Morgan fingerprint density at radius 2 is 1.74 bits per heavy atom. The van der Waals surface area contributed by atoms with Crippen LogP contribution >= 0.6 is 0 Å². The molecular weight excluding hydrogens is 551 g/mol. The van der Waals surface area contributed by atoms with Crippen LogP contribution in [0.2, 0.25) is 0 Å². The number of urea groups is 1. The van der Waals surface area contributed by atoms with Gasteiger partial charge in [-0.05, 0) is 49.0 Å². The highest BCUT2D eigenvalue weighted by molar-refractivity contribution is 5.92. The minimum atomic E-state index is -4.46. The quantitative estimate of drug-likeness (QED) is 0.340. The Balaban J connectivity index is 1.50. The van der Waals surface area contributed by atoms with E-state index in [2.05, 4.69) is 10.6 Å². The predicted octanol–water partition coefficient (Wildman–Crippen LogP) is 2.93. The van der Waals surface area contributed by atoms with Gasteiger partial charge in [0.1, 0.15) is 12.1 Å². The van der Waals surface area contributed by atoms with Crippen LogP contribution in [0.1, 0.15) is 42.9 Å². The number of β-amino-alcohol motifs (C(OH)–C–C–N with tert-alkyl or cyclic N) is 1. The Kier molecular flexibility index (Phi) is 9.89. The highest BCUT2D eigenvalue weighted by Gasteiger charge is 2.49. The third kappa shape index (κ3) is 7.89. The fourth-order valence-electron chi connectivity index (χ4n) is 5.50. The lowest BCUT2D eigenvalue weighted by molar-refractivity contribution is -0.182. The number of nitrogens with two attached hydrogens (primary N) is 1. The first-order valence-corrected chi connectivity index (χ1v) is 13.9. The predicted molar refractivity (Wildman–Crippen MR) is 150 cm³/mol. The van der Waals surface area contributed by atoms with Crippen molar-refractivity contribution in [3.05, 3.63) is 77.5 Å². The van der Waals surface area contributed by atoms with Crippen LogP contribution in [0.3, 0.4) is 0 Å². The standard InChI is InChI=1S/C30H36F3N5O4/c1-19-11-12-26(30(31,32)33)38(19)18-25(39)23(15-20-7-3-2-4-8-20)35-28(41)24(16-27(34)40)36-29(42)37-14-13-21-9-5-6-10-22(21)17-37/h2-10,13-14,19,23-26,39H,11-12,15-18H2,1H3,(H2,34,40)(H,35,41)(H,36,42)/t19-,23+,24+,25-,26+/m1/s1. The monoisotopic (exact) mass is 587 g/mol. The van der Waals surface area contributed by atoms with Crippen LogP contribution < -0.4 is 16.4 Å². The average molecular weight is 588 g/mol. The van der Waals surface area contributed by atoms with Crippen molar-refractivity contribution in [1.82, 2.24) is 20.4 Å². The summed E-state index contributed by atoms with van der Waals surface area (Å²) in [5, 5.41) is 16.4. The normalized spacial score (nSPS) is 20.8. The van der Waals surface area contributed by atoms with E-state index in [0.29, 0.717) is 6.42 Å². The summed E-state index contributed by atoms with van der Waals surface area (Å²) in [5.74, 6) is -1.63. The lowest BCUT2D eigenvalue weighted by Crippen LogP contribution is -2.58. The van der Waals surface area contributed by atoms with Crippen molar-refractivity contribution < 1.29 is 32.7 Å². The number of nitrogens with one attached hydrogen (secondary N) is 2. The van der Waals surface area contributed by atoms with E-state index in [1.165, 1.54) is 9.80 Å². The Bertz CT molecular complexity index is 1290. The molecule has 0 bridgehead atoms. The van der Waals surface area contributed by atoms with Gasteiger partial charge in [-0.3, -0.25) is 19.4 Å². The van der Waals surface area contributed by atoms with Crippen molar-refractivity contribution in [2.24, 2.45) is 5.73 Å². The van der Waals surface area contributed by atoms with Crippen molar-refractivity contribution in [3.8, 4) is 0 Å². The summed E-state index contributed by atoms with van der Waals surface area (Å²) >= 11 is 0. The lowest BCUT2D eigenvalue weighted by Gasteiger charge is -2.35. The number of rotatable bonds is 10. The molecule has 0 aliphatic carbocycles. The molecule has 0 saturated carbocycles. The van der Waals surface area contributed by atoms with E-state index >= 15 is 0 Å². The second-order valence-corrected chi connectivity index (χ2v) is 10.9. The molecule has 42 heavy (non-hydrogen) atoms. The molecule has 0 aromatic heterocycles. The fraction of sp³-hybridized carbons (Fsp3) is 0.433. The van der Waals surface area contributed by atoms with Crippen molar-refractivity contribution in [1.29, 1.82) is 0 Å². The molecule has 0 unspecified atom stereocenters. The second kappa shape index (κ2) is 13.4. The van der Waals surface area contributed by atoms with Crippen molar-refractivity contribution in [2.75, 3.05) is 6.54 Å². The molecule has 12 heteroatoms. The fourth-order valence-corrected chi connectivity index (χ4v) is 5.50. The molecule has 2 heterocycles. The Morgan fingerprint density at radius 1 is 1.05 bits per heavy atom. The maximum absolute atomic E-state index is 13.7. The van der Waals surface area contributed by atoms with Gasteiger partial charge in [0.05, 0.1) is 25.1 Å². The first-order valence-electron chi connectivity index (χ1n) is 13.9. The number of alkyl halides is 3. The maximum Gasteiger partial charge on any atom is 0.404 e. The van der Waals surface area contributed by atoms with Crippen molar-refractivity contribution in [2.45, 2.75) is 75.6 Å². The van der Waals surface area contributed by atoms with Gasteiger partial charge in [0, 0.05) is 18.8 Å². The number of hydrogen-bond donors (Lipinski definition) is 4. The summed E-state index contributed by atoms with van der Waals surface area (Å²) in [4.78, 5) is 40.9.